The van der Waals surface area contributed by atoms with Crippen molar-refractivity contribution in [1.29, 1.82) is 0 Å². The maximum atomic E-state index is 12.7. The maximum Gasteiger partial charge on any atom is 0.321 e. The number of likely N-dealkylation sites (tertiary alicyclic amines) is 1. The topological polar surface area (TPSA) is 44.8 Å². The van der Waals surface area contributed by atoms with Crippen molar-refractivity contribution in [2.45, 2.75) is 18.9 Å². The van der Waals surface area contributed by atoms with Gasteiger partial charge in [0.25, 0.3) is 0 Å². The van der Waals surface area contributed by atoms with Gasteiger partial charge in [-0.2, -0.15) is 0 Å². The molecule has 5 heteroatoms. The second-order valence-electron chi connectivity index (χ2n) is 7.86. The largest absolute Gasteiger partial charge is 0.457 e. The van der Waals surface area contributed by atoms with Crippen molar-refractivity contribution in [1.82, 2.24) is 4.90 Å². The third-order valence-electron chi connectivity index (χ3n) is 5.80. The van der Waals surface area contributed by atoms with Crippen molar-refractivity contribution in [3.8, 4) is 11.5 Å². The van der Waals surface area contributed by atoms with Crippen molar-refractivity contribution < 1.29 is 9.53 Å². The predicted molar refractivity (Wildman–Crippen MR) is 119 cm³/mol. The van der Waals surface area contributed by atoms with Crippen LogP contribution in [0.1, 0.15) is 12.0 Å². The van der Waals surface area contributed by atoms with Gasteiger partial charge in [0.05, 0.1) is 6.04 Å². The smallest absolute Gasteiger partial charge is 0.321 e. The number of urea groups is 1. The Hall–Kier alpha value is -3.47. The first-order valence-electron chi connectivity index (χ1n) is 10.5. The molecule has 3 aromatic rings. The molecule has 2 heterocycles. The number of anilines is 2. The third-order valence-corrected chi connectivity index (χ3v) is 5.80. The van der Waals surface area contributed by atoms with Gasteiger partial charge in [-0.15, -0.1) is 0 Å². The van der Waals surface area contributed by atoms with Crippen LogP contribution in [0.25, 0.3) is 0 Å². The van der Waals surface area contributed by atoms with Gasteiger partial charge in [0.2, 0.25) is 0 Å². The minimum Gasteiger partial charge on any atom is -0.457 e. The first-order valence-corrected chi connectivity index (χ1v) is 10.5. The van der Waals surface area contributed by atoms with Gasteiger partial charge >= 0.3 is 6.03 Å². The van der Waals surface area contributed by atoms with Gasteiger partial charge in [-0.25, -0.2) is 4.79 Å². The summed E-state index contributed by atoms with van der Waals surface area (Å²) < 4.78 is 5.86. The van der Waals surface area contributed by atoms with E-state index in [0.717, 1.165) is 37.5 Å². The molecule has 0 aliphatic carbocycles. The zero-order valence-corrected chi connectivity index (χ0v) is 16.8. The number of carbonyl (C=O) groups excluding carboxylic acids is 1. The molecule has 0 atom stereocenters. The highest BCUT2D eigenvalue weighted by Crippen LogP contribution is 2.31. The monoisotopic (exact) mass is 399 g/mol. The molecular weight excluding hydrogens is 374 g/mol. The number of benzene rings is 3. The van der Waals surface area contributed by atoms with Crippen LogP contribution in [-0.4, -0.2) is 36.6 Å². The number of rotatable bonds is 4. The Labute approximate surface area is 176 Å². The van der Waals surface area contributed by atoms with Gasteiger partial charge in [0.15, 0.2) is 0 Å². The lowest BCUT2D eigenvalue weighted by atomic mass is 9.97. The molecule has 152 valence electrons. The summed E-state index contributed by atoms with van der Waals surface area (Å²) in [5.41, 5.74) is 3.49. The van der Waals surface area contributed by atoms with E-state index in [4.69, 9.17) is 4.74 Å². The fraction of sp³-hybridized carbons (Fsp3) is 0.240. The van der Waals surface area contributed by atoms with Gasteiger partial charge < -0.3 is 19.9 Å². The molecule has 0 unspecified atom stereocenters. The zero-order chi connectivity index (χ0) is 20.3. The van der Waals surface area contributed by atoms with E-state index in [-0.39, 0.29) is 6.03 Å². The average molecular weight is 399 g/mol. The molecule has 1 fully saturated rings. The highest BCUT2D eigenvalue weighted by molar-refractivity contribution is 5.90. The molecule has 5 rings (SSSR count). The average Bonchev–Trinajstić information content (AvgIpc) is 2.74. The zero-order valence-electron chi connectivity index (χ0n) is 16.8. The van der Waals surface area contributed by atoms with Crippen molar-refractivity contribution in [2.75, 3.05) is 29.9 Å². The first kappa shape index (κ1) is 18.6. The fourth-order valence-electron chi connectivity index (χ4n) is 4.22. The van der Waals surface area contributed by atoms with Crippen LogP contribution in [0.2, 0.25) is 0 Å². The summed E-state index contributed by atoms with van der Waals surface area (Å²) in [7, 11) is 0. The highest BCUT2D eigenvalue weighted by atomic mass is 16.5. The first-order chi connectivity index (χ1) is 14.8. The van der Waals surface area contributed by atoms with E-state index in [9.17, 15) is 4.79 Å². The van der Waals surface area contributed by atoms with Crippen LogP contribution in [-0.2, 0) is 6.42 Å². The molecule has 0 radical (unpaired) electrons. The molecule has 5 nitrogen and oxygen atoms in total. The van der Waals surface area contributed by atoms with E-state index in [0.29, 0.717) is 11.8 Å². The van der Waals surface area contributed by atoms with Crippen LogP contribution in [0.4, 0.5) is 16.2 Å². The Bertz CT molecular complexity index is 1030. The lowest BCUT2D eigenvalue weighted by Gasteiger charge is -2.48. The van der Waals surface area contributed by atoms with E-state index in [1.54, 1.807) is 0 Å². The van der Waals surface area contributed by atoms with E-state index in [1.165, 1.54) is 17.7 Å². The van der Waals surface area contributed by atoms with Gasteiger partial charge in [-0.3, -0.25) is 0 Å². The molecule has 0 bridgehead atoms. The molecule has 30 heavy (non-hydrogen) atoms. The van der Waals surface area contributed by atoms with Crippen LogP contribution < -0.4 is 15.0 Å². The number of nitrogens with one attached hydrogen (secondary N) is 1. The molecule has 3 aromatic carbocycles. The second-order valence-corrected chi connectivity index (χ2v) is 7.86. The Kier molecular flexibility index (Phi) is 5.01. The summed E-state index contributed by atoms with van der Waals surface area (Å²) in [6, 6.07) is 26.1. The molecule has 1 saturated heterocycles. The van der Waals surface area contributed by atoms with Crippen LogP contribution in [0.15, 0.2) is 78.9 Å². The molecular formula is C25H25N3O2. The molecule has 2 aliphatic heterocycles. The Morgan fingerprint density at radius 1 is 0.900 bits per heavy atom. The quantitative estimate of drug-likeness (QED) is 0.660. The fourth-order valence-corrected chi connectivity index (χ4v) is 4.22. The maximum absolute atomic E-state index is 12.7. The number of ether oxygens (including phenoxy) is 1. The molecule has 0 saturated carbocycles. The van der Waals surface area contributed by atoms with Crippen molar-refractivity contribution in [3.63, 3.8) is 0 Å². The lowest BCUT2D eigenvalue weighted by Crippen LogP contribution is -2.62. The molecule has 0 spiro atoms. The number of carbonyl (C=O) groups is 1. The van der Waals surface area contributed by atoms with Crippen LogP contribution in [0.3, 0.4) is 0 Å². The number of para-hydroxylation sites is 2. The number of hydrogen-bond acceptors (Lipinski definition) is 3. The van der Waals surface area contributed by atoms with Crippen molar-refractivity contribution >= 4 is 17.4 Å². The number of hydrogen-bond donors (Lipinski definition) is 1. The van der Waals surface area contributed by atoms with Crippen LogP contribution >= 0.6 is 0 Å². The molecule has 2 amide bonds. The molecule has 1 N–H and O–H groups in total. The summed E-state index contributed by atoms with van der Waals surface area (Å²) >= 11 is 0. The van der Waals surface area contributed by atoms with Crippen molar-refractivity contribution in [2.24, 2.45) is 0 Å². The summed E-state index contributed by atoms with van der Waals surface area (Å²) in [6.07, 6.45) is 2.32. The summed E-state index contributed by atoms with van der Waals surface area (Å²) in [5.74, 6) is 1.47. The second kappa shape index (κ2) is 8.11. The number of amides is 2. The Balaban J connectivity index is 1.19. The summed E-state index contributed by atoms with van der Waals surface area (Å²) in [4.78, 5) is 17.0. The molecule has 0 aromatic heterocycles. The van der Waals surface area contributed by atoms with Gasteiger partial charge in [-0.1, -0.05) is 42.5 Å². The Morgan fingerprint density at radius 2 is 1.67 bits per heavy atom. The summed E-state index contributed by atoms with van der Waals surface area (Å²) in [5, 5.41) is 3.00. The Morgan fingerprint density at radius 3 is 2.53 bits per heavy atom. The van der Waals surface area contributed by atoms with Gasteiger partial charge in [0, 0.05) is 37.1 Å². The number of nitrogens with zero attached hydrogens (tertiary/aromatic N) is 2. The standard InChI is InChI=1S/C25H25N3O2/c29-25(26-20-10-6-13-23(16-20)30-22-11-2-1-3-12-22)27-17-21(18-27)28-15-7-9-19-8-4-5-14-24(19)28/h1-6,8,10-14,16,21H,7,9,15,17-18H2,(H,26,29). The van der Waals surface area contributed by atoms with Gasteiger partial charge in [-0.05, 0) is 48.7 Å². The highest BCUT2D eigenvalue weighted by Gasteiger charge is 2.36. The lowest BCUT2D eigenvalue weighted by molar-refractivity contribution is 0.160. The van der Waals surface area contributed by atoms with Crippen LogP contribution in [0, 0.1) is 0 Å². The third kappa shape index (κ3) is 3.83. The van der Waals surface area contributed by atoms with E-state index >= 15 is 0 Å². The normalized spacial score (nSPS) is 15.9. The van der Waals surface area contributed by atoms with Crippen molar-refractivity contribution in [3.05, 3.63) is 84.4 Å². The molecule has 2 aliphatic rings. The number of aryl methyl sites for hydroxylation is 1. The minimum atomic E-state index is -0.0617. The minimum absolute atomic E-state index is 0.0617. The summed E-state index contributed by atoms with van der Waals surface area (Å²) in [6.45, 7) is 2.57. The van der Waals surface area contributed by atoms with E-state index < -0.39 is 0 Å². The van der Waals surface area contributed by atoms with E-state index in [1.807, 2.05) is 59.5 Å². The number of fused-ring (bicyclic) bond motifs is 1. The van der Waals surface area contributed by atoms with Crippen LogP contribution in [0.5, 0.6) is 11.5 Å². The SMILES string of the molecule is O=C(Nc1cccc(Oc2ccccc2)c1)N1CC(N2CCCc3ccccc32)C1. The van der Waals surface area contributed by atoms with Gasteiger partial charge in [0.1, 0.15) is 11.5 Å². The van der Waals surface area contributed by atoms with E-state index in [2.05, 4.69) is 34.5 Å². The predicted octanol–water partition coefficient (Wildman–Crippen LogP) is 5.15.